The Morgan fingerprint density at radius 3 is 2.80 bits per heavy atom. The number of aliphatic hydroxyl groups excluding tert-OH is 1. The Morgan fingerprint density at radius 2 is 2.25 bits per heavy atom. The second kappa shape index (κ2) is 6.41. The van der Waals surface area contributed by atoms with E-state index >= 15 is 0 Å². The highest BCUT2D eigenvalue weighted by Crippen LogP contribution is 2.26. The molecule has 20 heavy (non-hydrogen) atoms. The fourth-order valence-electron chi connectivity index (χ4n) is 2.58. The normalized spacial score (nSPS) is 22.8. The summed E-state index contributed by atoms with van der Waals surface area (Å²) in [6, 6.07) is 1.99. The molecule has 3 N–H and O–H groups in total. The SMILES string of the molecule is Cc1cc(C(C)NC(=O)N[C@@H]2C=C[C@H](CO)C2)c(C)s1. The van der Waals surface area contributed by atoms with Gasteiger partial charge in [-0.1, -0.05) is 12.2 Å². The van der Waals surface area contributed by atoms with E-state index in [0.29, 0.717) is 0 Å². The van der Waals surface area contributed by atoms with E-state index in [1.165, 1.54) is 15.3 Å². The average Bonchev–Trinajstić information content (AvgIpc) is 2.95. The van der Waals surface area contributed by atoms with E-state index in [4.69, 9.17) is 5.11 Å². The summed E-state index contributed by atoms with van der Waals surface area (Å²) in [5.41, 5.74) is 1.18. The Labute approximate surface area is 123 Å². The number of carbonyl (C=O) groups excluding carboxylic acids is 1. The zero-order chi connectivity index (χ0) is 14.7. The van der Waals surface area contributed by atoms with Crippen LogP contribution >= 0.6 is 11.3 Å². The van der Waals surface area contributed by atoms with Crippen LogP contribution in [0.4, 0.5) is 4.79 Å². The van der Waals surface area contributed by atoms with Gasteiger partial charge in [-0.25, -0.2) is 4.79 Å². The third kappa shape index (κ3) is 3.61. The molecule has 2 rings (SSSR count). The van der Waals surface area contributed by atoms with Crippen molar-refractivity contribution in [2.24, 2.45) is 5.92 Å². The third-order valence-corrected chi connectivity index (χ3v) is 4.60. The first-order valence-electron chi connectivity index (χ1n) is 6.92. The van der Waals surface area contributed by atoms with Crippen molar-refractivity contribution in [1.82, 2.24) is 10.6 Å². The minimum absolute atomic E-state index is 0.000952. The van der Waals surface area contributed by atoms with E-state index in [1.54, 1.807) is 11.3 Å². The minimum Gasteiger partial charge on any atom is -0.396 e. The lowest BCUT2D eigenvalue weighted by molar-refractivity contribution is 0.229. The van der Waals surface area contributed by atoms with Crippen LogP contribution in [0.25, 0.3) is 0 Å². The summed E-state index contributed by atoms with van der Waals surface area (Å²) in [6.45, 7) is 6.29. The highest BCUT2D eigenvalue weighted by molar-refractivity contribution is 7.12. The summed E-state index contributed by atoms with van der Waals surface area (Å²) in [7, 11) is 0. The van der Waals surface area contributed by atoms with Crippen molar-refractivity contribution in [3.63, 3.8) is 0 Å². The van der Waals surface area contributed by atoms with Crippen LogP contribution in [0, 0.1) is 19.8 Å². The first kappa shape index (κ1) is 15.1. The summed E-state index contributed by atoms with van der Waals surface area (Å²) in [5.74, 6) is 0.166. The lowest BCUT2D eigenvalue weighted by Gasteiger charge is -2.17. The Bertz CT molecular complexity index is 510. The van der Waals surface area contributed by atoms with E-state index in [9.17, 15) is 4.79 Å². The number of thiophene rings is 1. The van der Waals surface area contributed by atoms with Gasteiger partial charge in [0.2, 0.25) is 0 Å². The molecule has 1 aromatic heterocycles. The van der Waals surface area contributed by atoms with E-state index in [0.717, 1.165) is 6.42 Å². The highest BCUT2D eigenvalue weighted by Gasteiger charge is 2.21. The number of carbonyl (C=O) groups is 1. The molecule has 0 saturated carbocycles. The second-order valence-electron chi connectivity index (χ2n) is 5.38. The second-order valence-corrected chi connectivity index (χ2v) is 6.84. The van der Waals surface area contributed by atoms with Gasteiger partial charge in [0.15, 0.2) is 0 Å². The molecule has 4 nitrogen and oxygen atoms in total. The van der Waals surface area contributed by atoms with Crippen LogP contribution in [-0.4, -0.2) is 23.8 Å². The molecule has 0 saturated heterocycles. The molecular weight excluding hydrogens is 272 g/mol. The van der Waals surface area contributed by atoms with Crippen LogP contribution in [0.2, 0.25) is 0 Å². The van der Waals surface area contributed by atoms with E-state index in [2.05, 4.69) is 30.5 Å². The van der Waals surface area contributed by atoms with Crippen molar-refractivity contribution >= 4 is 17.4 Å². The van der Waals surface area contributed by atoms with Gasteiger partial charge in [0.1, 0.15) is 0 Å². The maximum absolute atomic E-state index is 12.0. The van der Waals surface area contributed by atoms with Gasteiger partial charge in [0.25, 0.3) is 0 Å². The Kier molecular flexibility index (Phi) is 4.83. The predicted octanol–water partition coefficient (Wildman–Crippen LogP) is 2.66. The summed E-state index contributed by atoms with van der Waals surface area (Å²) in [5, 5.41) is 15.0. The molecule has 5 heteroatoms. The van der Waals surface area contributed by atoms with Crippen molar-refractivity contribution in [2.45, 2.75) is 39.3 Å². The van der Waals surface area contributed by atoms with Crippen LogP contribution in [0.3, 0.4) is 0 Å². The molecule has 0 radical (unpaired) electrons. The number of aryl methyl sites for hydroxylation is 2. The number of nitrogens with one attached hydrogen (secondary N) is 2. The first-order chi connectivity index (χ1) is 9.49. The van der Waals surface area contributed by atoms with Crippen LogP contribution in [0.15, 0.2) is 18.2 Å². The topological polar surface area (TPSA) is 61.4 Å². The van der Waals surface area contributed by atoms with Crippen molar-refractivity contribution < 1.29 is 9.90 Å². The average molecular weight is 294 g/mol. The molecule has 3 atom stereocenters. The van der Waals surface area contributed by atoms with Gasteiger partial charge >= 0.3 is 6.03 Å². The summed E-state index contributed by atoms with van der Waals surface area (Å²) < 4.78 is 0. The fraction of sp³-hybridized carbons (Fsp3) is 0.533. The largest absolute Gasteiger partial charge is 0.396 e. The maximum Gasteiger partial charge on any atom is 0.315 e. The van der Waals surface area contributed by atoms with Gasteiger partial charge in [-0.3, -0.25) is 0 Å². The highest BCUT2D eigenvalue weighted by atomic mass is 32.1. The number of rotatable bonds is 4. The standard InChI is InChI=1S/C15H22N2O2S/c1-9-6-14(11(3)20-9)10(2)16-15(19)17-13-5-4-12(7-13)8-18/h4-6,10,12-13,18H,7-8H2,1-3H3,(H2,16,17,19)/t10?,12-,13+/m0/s1. The van der Waals surface area contributed by atoms with Crippen LogP contribution in [0.1, 0.15) is 34.7 Å². The van der Waals surface area contributed by atoms with Crippen molar-refractivity contribution in [2.75, 3.05) is 6.61 Å². The van der Waals surface area contributed by atoms with Gasteiger partial charge in [0.05, 0.1) is 6.04 Å². The molecule has 0 bridgehead atoms. The molecule has 0 aromatic carbocycles. The molecule has 1 heterocycles. The first-order valence-corrected chi connectivity index (χ1v) is 7.74. The molecule has 110 valence electrons. The smallest absolute Gasteiger partial charge is 0.315 e. The van der Waals surface area contributed by atoms with E-state index in [1.807, 2.05) is 19.1 Å². The van der Waals surface area contributed by atoms with Gasteiger partial charge in [-0.15, -0.1) is 11.3 Å². The molecule has 1 aliphatic carbocycles. The third-order valence-electron chi connectivity index (χ3n) is 3.62. The van der Waals surface area contributed by atoms with Gasteiger partial charge < -0.3 is 15.7 Å². The molecule has 1 aliphatic rings. The monoisotopic (exact) mass is 294 g/mol. The van der Waals surface area contributed by atoms with Crippen molar-refractivity contribution in [3.05, 3.63) is 33.5 Å². The van der Waals surface area contributed by atoms with Gasteiger partial charge in [-0.05, 0) is 38.8 Å². The minimum atomic E-state index is -0.158. The molecule has 2 amide bonds. The zero-order valence-electron chi connectivity index (χ0n) is 12.1. The quantitative estimate of drug-likeness (QED) is 0.748. The number of amides is 2. The zero-order valence-corrected chi connectivity index (χ0v) is 13.0. The molecule has 0 aliphatic heterocycles. The maximum atomic E-state index is 12.0. The number of hydrogen-bond donors (Lipinski definition) is 3. The lowest BCUT2D eigenvalue weighted by Crippen LogP contribution is -2.41. The van der Waals surface area contributed by atoms with Crippen molar-refractivity contribution in [3.8, 4) is 0 Å². The Morgan fingerprint density at radius 1 is 1.50 bits per heavy atom. The van der Waals surface area contributed by atoms with Crippen LogP contribution in [0.5, 0.6) is 0 Å². The molecule has 0 fully saturated rings. The molecular formula is C15H22N2O2S. The Balaban J connectivity index is 1.86. The lowest BCUT2D eigenvalue weighted by atomic mass is 10.1. The summed E-state index contributed by atoms with van der Waals surface area (Å²) >= 11 is 1.75. The van der Waals surface area contributed by atoms with E-state index in [-0.39, 0.29) is 30.6 Å². The molecule has 1 unspecified atom stereocenters. The van der Waals surface area contributed by atoms with E-state index < -0.39 is 0 Å². The summed E-state index contributed by atoms with van der Waals surface area (Å²) in [6.07, 6.45) is 4.68. The molecule has 0 spiro atoms. The number of aliphatic hydroxyl groups is 1. The summed E-state index contributed by atoms with van der Waals surface area (Å²) in [4.78, 5) is 14.5. The van der Waals surface area contributed by atoms with Crippen molar-refractivity contribution in [1.29, 1.82) is 0 Å². The Hall–Kier alpha value is -1.33. The van der Waals surface area contributed by atoms with Gasteiger partial charge in [-0.2, -0.15) is 0 Å². The number of urea groups is 1. The predicted molar refractivity (Wildman–Crippen MR) is 82.0 cm³/mol. The molecule has 1 aromatic rings. The fourth-order valence-corrected chi connectivity index (χ4v) is 3.60. The van der Waals surface area contributed by atoms with Crippen LogP contribution in [-0.2, 0) is 0 Å². The van der Waals surface area contributed by atoms with Gasteiger partial charge in [0, 0.05) is 28.3 Å². The van der Waals surface area contributed by atoms with Crippen LogP contribution < -0.4 is 10.6 Å². The number of hydrogen-bond acceptors (Lipinski definition) is 3.